The van der Waals surface area contributed by atoms with E-state index in [0.717, 1.165) is 17.0 Å². The Kier molecular flexibility index (Phi) is 4.41. The summed E-state index contributed by atoms with van der Waals surface area (Å²) in [4.78, 5) is 9.15. The second-order valence-corrected chi connectivity index (χ2v) is 4.94. The highest BCUT2D eigenvalue weighted by atomic mass is 15.0. The van der Waals surface area contributed by atoms with Crippen molar-refractivity contribution < 1.29 is 0 Å². The van der Waals surface area contributed by atoms with Gasteiger partial charge in [-0.1, -0.05) is 44.2 Å². The molecule has 0 aliphatic heterocycles. The molecule has 0 amide bonds. The highest BCUT2D eigenvalue weighted by Crippen LogP contribution is 2.32. The Morgan fingerprint density at radius 1 is 0.905 bits per heavy atom. The van der Waals surface area contributed by atoms with Gasteiger partial charge < -0.3 is 4.57 Å². The van der Waals surface area contributed by atoms with Crippen LogP contribution in [0.15, 0.2) is 30.3 Å². The van der Waals surface area contributed by atoms with E-state index >= 15 is 0 Å². The van der Waals surface area contributed by atoms with E-state index in [-0.39, 0.29) is 0 Å². The maximum Gasteiger partial charge on any atom is 0.126 e. The molecule has 0 bridgehead atoms. The van der Waals surface area contributed by atoms with Crippen molar-refractivity contribution in [2.45, 2.75) is 34.6 Å². The van der Waals surface area contributed by atoms with Gasteiger partial charge in [0.05, 0.1) is 11.4 Å². The number of nitrogens with zero attached hydrogens (tertiary/aromatic N) is 3. The fourth-order valence-corrected chi connectivity index (χ4v) is 2.74. The molecule has 0 atom stereocenters. The molecular formula is C18H23N3. The first kappa shape index (κ1) is 15.2. The molecule has 0 radical (unpaired) electrons. The van der Waals surface area contributed by atoms with E-state index in [1.807, 2.05) is 26.8 Å². The molecule has 3 heteroatoms. The van der Waals surface area contributed by atoms with Crippen molar-refractivity contribution in [3.63, 3.8) is 0 Å². The molecule has 3 aromatic rings. The van der Waals surface area contributed by atoms with Gasteiger partial charge in [0.25, 0.3) is 0 Å². The predicted molar refractivity (Wildman–Crippen MR) is 89.5 cm³/mol. The Balaban J connectivity index is 0.000000774. The van der Waals surface area contributed by atoms with Crippen molar-refractivity contribution in [1.82, 2.24) is 14.5 Å². The van der Waals surface area contributed by atoms with E-state index < -0.39 is 0 Å². The van der Waals surface area contributed by atoms with Crippen molar-refractivity contribution in [3.05, 3.63) is 47.5 Å². The van der Waals surface area contributed by atoms with E-state index in [0.29, 0.717) is 0 Å². The van der Waals surface area contributed by atoms with Gasteiger partial charge in [0.15, 0.2) is 0 Å². The molecule has 0 aliphatic rings. The molecule has 0 N–H and O–H groups in total. The second kappa shape index (κ2) is 6.08. The minimum absolute atomic E-state index is 0.827. The van der Waals surface area contributed by atoms with Gasteiger partial charge in [-0.2, -0.15) is 0 Å². The van der Waals surface area contributed by atoms with Crippen LogP contribution in [0.25, 0.3) is 22.2 Å². The lowest BCUT2D eigenvalue weighted by Gasteiger charge is -2.05. The van der Waals surface area contributed by atoms with Gasteiger partial charge in [0.1, 0.15) is 11.3 Å². The molecule has 0 unspecified atom stereocenters. The summed E-state index contributed by atoms with van der Waals surface area (Å²) in [6, 6.07) is 10.4. The zero-order valence-electron chi connectivity index (χ0n) is 13.7. The summed E-state index contributed by atoms with van der Waals surface area (Å²) in [6.07, 6.45) is 0. The van der Waals surface area contributed by atoms with Gasteiger partial charge in [-0.15, -0.1) is 0 Å². The topological polar surface area (TPSA) is 30.7 Å². The molecule has 0 aliphatic carbocycles. The van der Waals surface area contributed by atoms with Crippen LogP contribution in [0.5, 0.6) is 0 Å². The van der Waals surface area contributed by atoms with Crippen LogP contribution >= 0.6 is 0 Å². The third-order valence-corrected chi connectivity index (χ3v) is 3.67. The van der Waals surface area contributed by atoms with E-state index in [9.17, 15) is 0 Å². The molecule has 3 rings (SSSR count). The first-order chi connectivity index (χ1) is 10.1. The fourth-order valence-electron chi connectivity index (χ4n) is 2.74. The zero-order chi connectivity index (χ0) is 15.6. The minimum Gasteiger partial charge on any atom is -0.345 e. The van der Waals surface area contributed by atoms with Crippen LogP contribution in [0.1, 0.15) is 31.1 Å². The largest absolute Gasteiger partial charge is 0.345 e. The SMILES string of the molecule is CC.Cc1nc(C)c2c(C)n(C)c(-c3ccccc3)c2n1. The number of aromatic nitrogens is 3. The lowest BCUT2D eigenvalue weighted by Crippen LogP contribution is -1.94. The number of aryl methyl sites for hydroxylation is 3. The highest BCUT2D eigenvalue weighted by Gasteiger charge is 2.17. The van der Waals surface area contributed by atoms with Gasteiger partial charge in [0, 0.05) is 23.7 Å². The minimum atomic E-state index is 0.827. The van der Waals surface area contributed by atoms with Gasteiger partial charge >= 0.3 is 0 Å². The summed E-state index contributed by atoms with van der Waals surface area (Å²) in [5, 5.41) is 1.17. The van der Waals surface area contributed by atoms with Gasteiger partial charge in [0.2, 0.25) is 0 Å². The van der Waals surface area contributed by atoms with E-state index in [1.165, 1.54) is 22.3 Å². The predicted octanol–water partition coefficient (Wildman–Crippen LogP) is 4.59. The molecule has 21 heavy (non-hydrogen) atoms. The Bertz CT molecular complexity index is 755. The van der Waals surface area contributed by atoms with Crippen LogP contribution in [0.3, 0.4) is 0 Å². The third-order valence-electron chi connectivity index (χ3n) is 3.67. The van der Waals surface area contributed by atoms with Crippen molar-refractivity contribution in [1.29, 1.82) is 0 Å². The molecule has 1 aromatic carbocycles. The monoisotopic (exact) mass is 281 g/mol. The van der Waals surface area contributed by atoms with Crippen LogP contribution in [0.4, 0.5) is 0 Å². The van der Waals surface area contributed by atoms with Crippen molar-refractivity contribution in [2.75, 3.05) is 0 Å². The van der Waals surface area contributed by atoms with Crippen LogP contribution < -0.4 is 0 Å². The summed E-state index contributed by atoms with van der Waals surface area (Å²) >= 11 is 0. The summed E-state index contributed by atoms with van der Waals surface area (Å²) in [5.41, 5.74) is 5.68. The molecule has 0 saturated heterocycles. The molecule has 0 saturated carbocycles. The average Bonchev–Trinajstić information content (AvgIpc) is 2.74. The van der Waals surface area contributed by atoms with Crippen LogP contribution in [-0.2, 0) is 7.05 Å². The van der Waals surface area contributed by atoms with Crippen LogP contribution in [-0.4, -0.2) is 14.5 Å². The standard InChI is InChI=1S/C16H17N3.C2H6/c1-10-14-11(2)19(4)16(13-8-6-5-7-9-13)15(14)18-12(3)17-10;1-2/h5-9H,1-4H3;1-2H3. The lowest BCUT2D eigenvalue weighted by atomic mass is 10.1. The van der Waals surface area contributed by atoms with E-state index in [1.54, 1.807) is 0 Å². The summed E-state index contributed by atoms with van der Waals surface area (Å²) in [6.45, 7) is 10.1. The maximum atomic E-state index is 4.66. The highest BCUT2D eigenvalue weighted by molar-refractivity contribution is 5.96. The fraction of sp³-hybridized carbons (Fsp3) is 0.333. The zero-order valence-corrected chi connectivity index (χ0v) is 13.7. The van der Waals surface area contributed by atoms with E-state index in [2.05, 4.69) is 59.7 Å². The molecule has 0 fully saturated rings. The van der Waals surface area contributed by atoms with Crippen molar-refractivity contribution in [3.8, 4) is 11.3 Å². The third kappa shape index (κ3) is 2.56. The Morgan fingerprint density at radius 3 is 2.14 bits per heavy atom. The van der Waals surface area contributed by atoms with Crippen LogP contribution in [0, 0.1) is 20.8 Å². The van der Waals surface area contributed by atoms with Gasteiger partial charge in [-0.3, -0.25) is 0 Å². The summed E-state index contributed by atoms with van der Waals surface area (Å²) in [7, 11) is 2.09. The van der Waals surface area contributed by atoms with E-state index in [4.69, 9.17) is 0 Å². The number of fused-ring (bicyclic) bond motifs is 1. The average molecular weight is 281 g/mol. The molecule has 0 spiro atoms. The molecule has 2 aromatic heterocycles. The Hall–Kier alpha value is -2.16. The normalized spacial score (nSPS) is 10.4. The van der Waals surface area contributed by atoms with Crippen molar-refractivity contribution >= 4 is 10.9 Å². The molecule has 110 valence electrons. The lowest BCUT2D eigenvalue weighted by molar-refractivity contribution is 0.896. The summed E-state index contributed by atoms with van der Waals surface area (Å²) < 4.78 is 2.21. The number of rotatable bonds is 1. The number of hydrogen-bond donors (Lipinski definition) is 0. The van der Waals surface area contributed by atoms with Crippen LogP contribution in [0.2, 0.25) is 0 Å². The molecule has 2 heterocycles. The second-order valence-electron chi connectivity index (χ2n) is 4.94. The van der Waals surface area contributed by atoms with Crippen molar-refractivity contribution in [2.24, 2.45) is 7.05 Å². The van der Waals surface area contributed by atoms with Gasteiger partial charge in [-0.25, -0.2) is 9.97 Å². The summed E-state index contributed by atoms with van der Waals surface area (Å²) in [5.74, 6) is 0.827. The first-order valence-electron chi connectivity index (χ1n) is 7.45. The Morgan fingerprint density at radius 2 is 1.52 bits per heavy atom. The smallest absolute Gasteiger partial charge is 0.126 e. The Labute approximate surface area is 126 Å². The first-order valence-corrected chi connectivity index (χ1v) is 7.45. The number of hydrogen-bond acceptors (Lipinski definition) is 2. The van der Waals surface area contributed by atoms with Gasteiger partial charge in [-0.05, 0) is 20.8 Å². The molecular weight excluding hydrogens is 258 g/mol. The molecule has 3 nitrogen and oxygen atoms in total. The maximum absolute atomic E-state index is 4.66. The number of benzene rings is 1. The quantitative estimate of drug-likeness (QED) is 0.653.